The topological polar surface area (TPSA) is 79.7 Å². The van der Waals surface area contributed by atoms with Gasteiger partial charge in [0.1, 0.15) is 0 Å². The average molecular weight is 457 g/mol. The van der Waals surface area contributed by atoms with Crippen LogP contribution in [-0.4, -0.2) is 20.2 Å². The first-order valence-electron chi connectivity index (χ1n) is 10.0. The normalized spacial score (nSPS) is 10.8. The SMILES string of the molecule is S=C(Nc1ccc(NC(=S)Nc2ccc3cc[nH]c3c2)cc1)Nc1ccc2cc[nH]c2c1. The Labute approximate surface area is 195 Å². The number of thiocarbonyl (C=S) groups is 2. The summed E-state index contributed by atoms with van der Waals surface area (Å²) in [6, 6.07) is 24.0. The lowest BCUT2D eigenvalue weighted by Crippen LogP contribution is -2.20. The minimum absolute atomic E-state index is 0.522. The maximum absolute atomic E-state index is 5.44. The van der Waals surface area contributed by atoms with E-state index in [1.165, 1.54) is 0 Å². The van der Waals surface area contributed by atoms with E-state index in [0.29, 0.717) is 10.2 Å². The number of H-pyrrole nitrogens is 2. The molecule has 0 spiro atoms. The number of fused-ring (bicyclic) bond motifs is 2. The standard InChI is InChI=1S/C24H20N6S2/c31-23(29-19-3-1-15-9-11-25-21(15)13-19)27-17-5-7-18(8-6-17)28-24(32)30-20-4-2-16-10-12-26-22(16)14-20/h1-14,25-26H,(H2,27,29,31)(H2,28,30,32). The number of aromatic amines is 2. The molecule has 158 valence electrons. The van der Waals surface area contributed by atoms with Gasteiger partial charge in [-0.1, -0.05) is 12.1 Å². The molecule has 0 aliphatic heterocycles. The number of rotatable bonds is 4. The molecule has 32 heavy (non-hydrogen) atoms. The molecule has 2 aromatic heterocycles. The molecule has 0 aliphatic carbocycles. The van der Waals surface area contributed by atoms with Crippen LogP contribution in [0.4, 0.5) is 22.7 Å². The average Bonchev–Trinajstić information content (AvgIpc) is 3.43. The number of anilines is 4. The van der Waals surface area contributed by atoms with E-state index in [1.54, 1.807) is 0 Å². The van der Waals surface area contributed by atoms with Crippen molar-refractivity contribution < 1.29 is 0 Å². The van der Waals surface area contributed by atoms with E-state index >= 15 is 0 Å². The van der Waals surface area contributed by atoms with Crippen LogP contribution in [0.2, 0.25) is 0 Å². The molecule has 0 atom stereocenters. The Hall–Kier alpha value is -3.88. The fourth-order valence-electron chi connectivity index (χ4n) is 3.47. The van der Waals surface area contributed by atoms with Crippen LogP contribution < -0.4 is 21.3 Å². The fourth-order valence-corrected chi connectivity index (χ4v) is 3.95. The van der Waals surface area contributed by atoms with Crippen LogP contribution in [0.1, 0.15) is 0 Å². The molecular weight excluding hydrogens is 436 g/mol. The number of hydrogen-bond acceptors (Lipinski definition) is 2. The minimum atomic E-state index is 0.522. The molecule has 0 fully saturated rings. The first-order valence-corrected chi connectivity index (χ1v) is 10.8. The maximum atomic E-state index is 5.44. The van der Waals surface area contributed by atoms with Crippen LogP contribution in [0.25, 0.3) is 21.8 Å². The molecule has 5 rings (SSSR count). The summed E-state index contributed by atoms with van der Waals surface area (Å²) in [4.78, 5) is 6.40. The quantitative estimate of drug-likeness (QED) is 0.179. The van der Waals surface area contributed by atoms with Gasteiger partial charge < -0.3 is 31.2 Å². The van der Waals surface area contributed by atoms with Crippen LogP contribution >= 0.6 is 24.4 Å². The van der Waals surface area contributed by atoms with Crippen LogP contribution in [0.5, 0.6) is 0 Å². The summed E-state index contributed by atoms with van der Waals surface area (Å²) in [7, 11) is 0. The summed E-state index contributed by atoms with van der Waals surface area (Å²) < 4.78 is 0. The van der Waals surface area contributed by atoms with Crippen molar-refractivity contribution in [1.82, 2.24) is 9.97 Å². The van der Waals surface area contributed by atoms with Gasteiger partial charge in [0.25, 0.3) is 0 Å². The van der Waals surface area contributed by atoms with Gasteiger partial charge in [-0.05, 0) is 95.9 Å². The molecule has 0 saturated heterocycles. The van der Waals surface area contributed by atoms with Gasteiger partial charge in [-0.3, -0.25) is 0 Å². The van der Waals surface area contributed by atoms with Gasteiger partial charge in [-0.2, -0.15) is 0 Å². The van der Waals surface area contributed by atoms with Crippen LogP contribution in [0.3, 0.4) is 0 Å². The second kappa shape index (κ2) is 8.70. The Balaban J connectivity index is 1.16. The molecule has 8 heteroatoms. The molecule has 0 amide bonds. The Bertz CT molecular complexity index is 1310. The number of aromatic nitrogens is 2. The van der Waals surface area contributed by atoms with Gasteiger partial charge in [0.15, 0.2) is 10.2 Å². The molecule has 3 aromatic carbocycles. The van der Waals surface area contributed by atoms with E-state index in [-0.39, 0.29) is 0 Å². The van der Waals surface area contributed by atoms with Gasteiger partial charge >= 0.3 is 0 Å². The lowest BCUT2D eigenvalue weighted by Gasteiger charge is -2.13. The van der Waals surface area contributed by atoms with Gasteiger partial charge in [0, 0.05) is 46.2 Å². The van der Waals surface area contributed by atoms with E-state index < -0.39 is 0 Å². The molecule has 0 aliphatic rings. The molecule has 0 unspecified atom stereocenters. The van der Waals surface area contributed by atoms with Crippen LogP contribution in [-0.2, 0) is 0 Å². The molecule has 6 nitrogen and oxygen atoms in total. The molecule has 0 radical (unpaired) electrons. The summed E-state index contributed by atoms with van der Waals surface area (Å²) in [5.41, 5.74) is 5.72. The van der Waals surface area contributed by atoms with E-state index in [2.05, 4.69) is 31.2 Å². The van der Waals surface area contributed by atoms with Crippen LogP contribution in [0.15, 0.2) is 85.2 Å². The largest absolute Gasteiger partial charge is 0.361 e. The molecule has 0 bridgehead atoms. The highest BCUT2D eigenvalue weighted by Crippen LogP contribution is 2.20. The molecule has 6 N–H and O–H groups in total. The van der Waals surface area contributed by atoms with Crippen molar-refractivity contribution in [2.45, 2.75) is 0 Å². The van der Waals surface area contributed by atoms with Gasteiger partial charge in [0.05, 0.1) is 0 Å². The molecular formula is C24H20N6S2. The summed E-state index contributed by atoms with van der Waals surface area (Å²) in [5.74, 6) is 0. The van der Waals surface area contributed by atoms with Crippen molar-refractivity contribution in [3.63, 3.8) is 0 Å². The van der Waals surface area contributed by atoms with E-state index in [1.807, 2.05) is 85.2 Å². The highest BCUT2D eigenvalue weighted by molar-refractivity contribution is 7.81. The highest BCUT2D eigenvalue weighted by Gasteiger charge is 2.04. The van der Waals surface area contributed by atoms with Crippen molar-refractivity contribution >= 4 is 79.2 Å². The summed E-state index contributed by atoms with van der Waals surface area (Å²) in [5, 5.41) is 16.2. The zero-order valence-corrected chi connectivity index (χ0v) is 18.5. The first kappa shape index (κ1) is 20.0. The first-order chi connectivity index (χ1) is 15.6. The monoisotopic (exact) mass is 456 g/mol. The lowest BCUT2D eigenvalue weighted by atomic mass is 10.2. The van der Waals surface area contributed by atoms with E-state index in [4.69, 9.17) is 24.4 Å². The minimum Gasteiger partial charge on any atom is -0.361 e. The van der Waals surface area contributed by atoms with Crippen molar-refractivity contribution in [1.29, 1.82) is 0 Å². The molecule has 0 saturated carbocycles. The number of hydrogen-bond donors (Lipinski definition) is 6. The Morgan fingerprint density at radius 2 is 0.875 bits per heavy atom. The van der Waals surface area contributed by atoms with Crippen LogP contribution in [0, 0.1) is 0 Å². The predicted molar refractivity (Wildman–Crippen MR) is 143 cm³/mol. The number of benzene rings is 3. The lowest BCUT2D eigenvalue weighted by molar-refractivity contribution is 1.47. The zero-order valence-electron chi connectivity index (χ0n) is 16.9. The summed E-state index contributed by atoms with van der Waals surface area (Å²) >= 11 is 10.9. The fraction of sp³-hybridized carbons (Fsp3) is 0. The third-order valence-electron chi connectivity index (χ3n) is 5.03. The predicted octanol–water partition coefficient (Wildman–Crippen LogP) is 6.27. The highest BCUT2D eigenvalue weighted by atomic mass is 32.1. The third kappa shape index (κ3) is 4.56. The van der Waals surface area contributed by atoms with Gasteiger partial charge in [-0.15, -0.1) is 0 Å². The number of nitrogens with one attached hydrogen (secondary N) is 6. The zero-order chi connectivity index (χ0) is 21.9. The Morgan fingerprint density at radius 1 is 0.500 bits per heavy atom. The summed E-state index contributed by atoms with van der Waals surface area (Å²) in [6.07, 6.45) is 3.84. The molecule has 2 heterocycles. The smallest absolute Gasteiger partial charge is 0.175 e. The van der Waals surface area contributed by atoms with Crippen molar-refractivity contribution in [3.05, 3.63) is 85.2 Å². The third-order valence-corrected chi connectivity index (χ3v) is 5.43. The summed E-state index contributed by atoms with van der Waals surface area (Å²) in [6.45, 7) is 0. The van der Waals surface area contributed by atoms with E-state index in [9.17, 15) is 0 Å². The van der Waals surface area contributed by atoms with Gasteiger partial charge in [0.2, 0.25) is 0 Å². The second-order valence-electron chi connectivity index (χ2n) is 7.29. The van der Waals surface area contributed by atoms with Crippen molar-refractivity contribution in [2.24, 2.45) is 0 Å². The van der Waals surface area contributed by atoms with E-state index in [0.717, 1.165) is 44.6 Å². The molecule has 5 aromatic rings. The second-order valence-corrected chi connectivity index (χ2v) is 8.11. The van der Waals surface area contributed by atoms with Crippen molar-refractivity contribution in [3.8, 4) is 0 Å². The van der Waals surface area contributed by atoms with Gasteiger partial charge in [-0.25, -0.2) is 0 Å². The van der Waals surface area contributed by atoms with Crippen molar-refractivity contribution in [2.75, 3.05) is 21.3 Å². The Kier molecular flexibility index (Phi) is 5.45. The Morgan fingerprint density at radius 3 is 1.31 bits per heavy atom. The maximum Gasteiger partial charge on any atom is 0.175 e.